The minimum Gasteiger partial charge on any atom is -0.298 e. The van der Waals surface area contributed by atoms with E-state index in [1.807, 2.05) is 6.08 Å². The molecular weight excluding hydrogens is 350 g/mol. The van der Waals surface area contributed by atoms with E-state index in [2.05, 4.69) is 95.0 Å². The van der Waals surface area contributed by atoms with Crippen LogP contribution in [0.25, 0.3) is 22.2 Å². The Labute approximate surface area is 163 Å². The summed E-state index contributed by atoms with van der Waals surface area (Å²) in [5.41, 5.74) is 3.62. The van der Waals surface area contributed by atoms with E-state index >= 15 is 0 Å². The largest absolute Gasteiger partial charge is 0.298 e. The first-order valence-corrected chi connectivity index (χ1v) is 9.95. The molecule has 0 bridgehead atoms. The number of rotatable bonds is 6. The molecule has 0 amide bonds. The fourth-order valence-corrected chi connectivity index (χ4v) is 4.12. The number of hydrogen-bond acceptors (Lipinski definition) is 3. The van der Waals surface area contributed by atoms with Crippen molar-refractivity contribution >= 4 is 22.5 Å². The molecule has 4 aromatic rings. The normalized spacial score (nSPS) is 11.0. The number of allylic oxidation sites excluding steroid dienone is 1. The number of nitrogens with zero attached hydrogens (tertiary/aromatic N) is 3. The molecule has 0 aliphatic rings. The zero-order valence-corrected chi connectivity index (χ0v) is 16.1. The Balaban J connectivity index is 1.64. The highest BCUT2D eigenvalue weighted by molar-refractivity contribution is 7.98. The maximum atomic E-state index is 4.46. The van der Waals surface area contributed by atoms with E-state index in [0.29, 0.717) is 6.54 Å². The zero-order chi connectivity index (χ0) is 18.6. The summed E-state index contributed by atoms with van der Waals surface area (Å²) in [6.07, 6.45) is 1.89. The highest BCUT2D eigenvalue weighted by atomic mass is 32.2. The first kappa shape index (κ1) is 17.6. The second-order valence-electron chi connectivity index (χ2n) is 6.50. The Morgan fingerprint density at radius 2 is 1.74 bits per heavy atom. The van der Waals surface area contributed by atoms with E-state index in [9.17, 15) is 0 Å². The fraction of sp³-hybridized carbons (Fsp3) is 0.130. The molecule has 3 aromatic carbocycles. The van der Waals surface area contributed by atoms with Crippen molar-refractivity contribution in [2.45, 2.75) is 24.4 Å². The van der Waals surface area contributed by atoms with Crippen molar-refractivity contribution < 1.29 is 0 Å². The molecule has 4 rings (SSSR count). The maximum Gasteiger partial charge on any atom is 0.192 e. The smallest absolute Gasteiger partial charge is 0.192 e. The predicted octanol–water partition coefficient (Wildman–Crippen LogP) is 5.89. The topological polar surface area (TPSA) is 30.7 Å². The number of benzene rings is 3. The Hall–Kier alpha value is -2.85. The van der Waals surface area contributed by atoms with Gasteiger partial charge in [0.15, 0.2) is 11.0 Å². The Morgan fingerprint density at radius 3 is 2.56 bits per heavy atom. The predicted molar refractivity (Wildman–Crippen MR) is 114 cm³/mol. The Kier molecular flexibility index (Phi) is 5.07. The molecule has 0 unspecified atom stereocenters. The summed E-state index contributed by atoms with van der Waals surface area (Å²) < 4.78 is 2.13. The van der Waals surface area contributed by atoms with Crippen LogP contribution in [0.1, 0.15) is 11.1 Å². The van der Waals surface area contributed by atoms with Gasteiger partial charge in [0.05, 0.1) is 0 Å². The van der Waals surface area contributed by atoms with E-state index in [4.69, 9.17) is 0 Å². The third-order valence-corrected chi connectivity index (χ3v) is 5.59. The maximum absolute atomic E-state index is 4.46. The third-order valence-electron chi connectivity index (χ3n) is 4.57. The SMILES string of the molecule is C=CCn1c(SCc2cccc3ccccc23)nnc1-c1ccc(C)cc1. The van der Waals surface area contributed by atoms with E-state index in [0.717, 1.165) is 22.3 Å². The van der Waals surface area contributed by atoms with E-state index in [-0.39, 0.29) is 0 Å². The van der Waals surface area contributed by atoms with Crippen LogP contribution >= 0.6 is 11.8 Å². The lowest BCUT2D eigenvalue weighted by atomic mass is 10.1. The van der Waals surface area contributed by atoms with Crippen LogP contribution in [0.4, 0.5) is 0 Å². The van der Waals surface area contributed by atoms with Crippen LogP contribution < -0.4 is 0 Å². The van der Waals surface area contributed by atoms with Crippen molar-refractivity contribution in [3.63, 3.8) is 0 Å². The standard InChI is InChI=1S/C23H21N3S/c1-3-15-26-22(19-13-11-17(2)12-14-19)24-25-23(26)27-16-20-9-6-8-18-7-4-5-10-21(18)20/h3-14H,1,15-16H2,2H3. The summed E-state index contributed by atoms with van der Waals surface area (Å²) in [6, 6.07) is 23.3. The number of hydrogen-bond donors (Lipinski definition) is 0. The van der Waals surface area contributed by atoms with E-state index in [1.165, 1.54) is 21.9 Å². The number of fused-ring (bicyclic) bond motifs is 1. The van der Waals surface area contributed by atoms with Gasteiger partial charge in [0.25, 0.3) is 0 Å². The first-order valence-electron chi connectivity index (χ1n) is 8.97. The molecule has 27 heavy (non-hydrogen) atoms. The van der Waals surface area contributed by atoms with Gasteiger partial charge in [-0.05, 0) is 23.3 Å². The fourth-order valence-electron chi connectivity index (χ4n) is 3.17. The van der Waals surface area contributed by atoms with Crippen LogP contribution in [0.3, 0.4) is 0 Å². The van der Waals surface area contributed by atoms with Crippen molar-refractivity contribution in [1.29, 1.82) is 0 Å². The highest BCUT2D eigenvalue weighted by Crippen LogP contribution is 2.29. The first-order chi connectivity index (χ1) is 13.3. The summed E-state index contributed by atoms with van der Waals surface area (Å²) >= 11 is 1.72. The van der Waals surface area contributed by atoms with Gasteiger partial charge in [0.1, 0.15) is 0 Å². The monoisotopic (exact) mass is 371 g/mol. The molecule has 3 nitrogen and oxygen atoms in total. The Morgan fingerprint density at radius 1 is 0.963 bits per heavy atom. The summed E-state index contributed by atoms with van der Waals surface area (Å²) in [5.74, 6) is 1.74. The molecule has 0 aliphatic heterocycles. The molecule has 0 N–H and O–H groups in total. The molecule has 0 atom stereocenters. The average Bonchev–Trinajstić information content (AvgIpc) is 3.10. The molecule has 134 valence electrons. The number of aryl methyl sites for hydroxylation is 1. The number of aromatic nitrogens is 3. The second kappa shape index (κ2) is 7.80. The lowest BCUT2D eigenvalue weighted by Gasteiger charge is -2.09. The Bertz CT molecular complexity index is 1080. The molecule has 1 heterocycles. The van der Waals surface area contributed by atoms with Gasteiger partial charge >= 0.3 is 0 Å². The van der Waals surface area contributed by atoms with Gasteiger partial charge in [0, 0.05) is 17.9 Å². The average molecular weight is 372 g/mol. The third kappa shape index (κ3) is 3.67. The van der Waals surface area contributed by atoms with Gasteiger partial charge in [-0.2, -0.15) is 0 Å². The molecule has 0 saturated heterocycles. The molecule has 0 saturated carbocycles. The number of thioether (sulfide) groups is 1. The van der Waals surface area contributed by atoms with Crippen molar-refractivity contribution in [1.82, 2.24) is 14.8 Å². The molecule has 0 fully saturated rings. The van der Waals surface area contributed by atoms with Crippen LogP contribution in [0, 0.1) is 6.92 Å². The van der Waals surface area contributed by atoms with Crippen LogP contribution in [0.15, 0.2) is 84.5 Å². The minimum absolute atomic E-state index is 0.689. The van der Waals surface area contributed by atoms with Gasteiger partial charge in [-0.1, -0.05) is 90.1 Å². The molecular formula is C23H21N3S. The van der Waals surface area contributed by atoms with Crippen LogP contribution in [0.2, 0.25) is 0 Å². The summed E-state index contributed by atoms with van der Waals surface area (Å²) in [4.78, 5) is 0. The van der Waals surface area contributed by atoms with Crippen molar-refractivity contribution in [3.8, 4) is 11.4 Å². The van der Waals surface area contributed by atoms with E-state index < -0.39 is 0 Å². The van der Waals surface area contributed by atoms with Gasteiger partial charge < -0.3 is 0 Å². The quantitative estimate of drug-likeness (QED) is 0.313. The van der Waals surface area contributed by atoms with E-state index in [1.54, 1.807) is 11.8 Å². The second-order valence-corrected chi connectivity index (χ2v) is 7.44. The van der Waals surface area contributed by atoms with Gasteiger partial charge in [0.2, 0.25) is 0 Å². The lowest BCUT2D eigenvalue weighted by molar-refractivity contribution is 0.731. The van der Waals surface area contributed by atoms with Crippen LogP contribution in [0.5, 0.6) is 0 Å². The zero-order valence-electron chi connectivity index (χ0n) is 15.3. The molecule has 1 aromatic heterocycles. The van der Waals surface area contributed by atoms with Crippen molar-refractivity contribution in [2.75, 3.05) is 0 Å². The highest BCUT2D eigenvalue weighted by Gasteiger charge is 2.14. The lowest BCUT2D eigenvalue weighted by Crippen LogP contribution is -2.00. The molecule has 0 radical (unpaired) electrons. The van der Waals surface area contributed by atoms with Crippen LogP contribution in [-0.2, 0) is 12.3 Å². The van der Waals surface area contributed by atoms with Crippen molar-refractivity contribution in [2.24, 2.45) is 0 Å². The van der Waals surface area contributed by atoms with Gasteiger partial charge in [-0.25, -0.2) is 0 Å². The van der Waals surface area contributed by atoms with Crippen LogP contribution in [-0.4, -0.2) is 14.8 Å². The molecule has 0 spiro atoms. The molecule has 4 heteroatoms. The van der Waals surface area contributed by atoms with Gasteiger partial charge in [-0.15, -0.1) is 16.8 Å². The summed E-state index contributed by atoms with van der Waals surface area (Å²) in [6.45, 7) is 6.67. The molecule has 0 aliphatic carbocycles. The summed E-state index contributed by atoms with van der Waals surface area (Å²) in [7, 11) is 0. The van der Waals surface area contributed by atoms with Crippen molar-refractivity contribution in [3.05, 3.63) is 90.5 Å². The minimum atomic E-state index is 0.689. The summed E-state index contributed by atoms with van der Waals surface area (Å²) in [5, 5.41) is 12.4. The van der Waals surface area contributed by atoms with Gasteiger partial charge in [-0.3, -0.25) is 4.57 Å².